The molecule has 4 rings (SSSR count). The largest absolute Gasteiger partial charge is 0.439 e. The molecule has 0 atom stereocenters. The lowest BCUT2D eigenvalue weighted by molar-refractivity contribution is -0.116. The van der Waals surface area contributed by atoms with Crippen LogP contribution in [-0.2, 0) is 11.2 Å². The van der Waals surface area contributed by atoms with E-state index in [2.05, 4.69) is 20.3 Å². The lowest BCUT2D eigenvalue weighted by Crippen LogP contribution is -2.12. The highest BCUT2D eigenvalue weighted by atomic mass is 16.5. The Bertz CT molecular complexity index is 1110. The van der Waals surface area contributed by atoms with Crippen LogP contribution in [0.25, 0.3) is 5.82 Å². The summed E-state index contributed by atoms with van der Waals surface area (Å²) in [5.74, 6) is 2.30. The van der Waals surface area contributed by atoms with Gasteiger partial charge < -0.3 is 10.1 Å². The standard InChI is InChI=1S/C23H21N5O2/c1-17-25-21(28-14-13-24-16-28)15-23(26-17)30-20-10-8-19(9-11-20)27-22(29)12-7-18-5-3-2-4-6-18/h2-6,8-11,13-16H,7,12H2,1H3,(H,27,29). The fourth-order valence-corrected chi connectivity index (χ4v) is 2.96. The lowest BCUT2D eigenvalue weighted by Gasteiger charge is -2.09. The quantitative estimate of drug-likeness (QED) is 0.500. The molecule has 0 radical (unpaired) electrons. The molecule has 0 fully saturated rings. The van der Waals surface area contributed by atoms with Crippen LogP contribution in [0, 0.1) is 6.92 Å². The van der Waals surface area contributed by atoms with Crippen LogP contribution in [0.3, 0.4) is 0 Å². The first-order valence-electron chi connectivity index (χ1n) is 9.61. The summed E-state index contributed by atoms with van der Waals surface area (Å²) >= 11 is 0. The molecule has 0 aliphatic carbocycles. The Kier molecular flexibility index (Phi) is 5.80. The summed E-state index contributed by atoms with van der Waals surface area (Å²) < 4.78 is 7.65. The first-order chi connectivity index (χ1) is 14.7. The van der Waals surface area contributed by atoms with Gasteiger partial charge in [-0.3, -0.25) is 9.36 Å². The van der Waals surface area contributed by atoms with Crippen LogP contribution in [0.4, 0.5) is 5.69 Å². The van der Waals surface area contributed by atoms with Gasteiger partial charge in [-0.2, -0.15) is 4.98 Å². The van der Waals surface area contributed by atoms with Crippen LogP contribution >= 0.6 is 0 Å². The average molecular weight is 399 g/mol. The van der Waals surface area contributed by atoms with Crippen molar-refractivity contribution in [2.45, 2.75) is 19.8 Å². The smallest absolute Gasteiger partial charge is 0.224 e. The van der Waals surface area contributed by atoms with Gasteiger partial charge in [-0.15, -0.1) is 0 Å². The van der Waals surface area contributed by atoms with Gasteiger partial charge in [-0.25, -0.2) is 9.97 Å². The number of nitrogens with one attached hydrogen (secondary N) is 1. The summed E-state index contributed by atoms with van der Waals surface area (Å²) in [5, 5.41) is 2.91. The van der Waals surface area contributed by atoms with Crippen LogP contribution in [0.1, 0.15) is 17.8 Å². The number of aromatic nitrogens is 4. The predicted molar refractivity (Wildman–Crippen MR) is 114 cm³/mol. The Morgan fingerprint density at radius 1 is 1.07 bits per heavy atom. The third kappa shape index (κ3) is 5.08. The maximum Gasteiger partial charge on any atom is 0.224 e. The fourth-order valence-electron chi connectivity index (χ4n) is 2.96. The molecule has 0 saturated heterocycles. The van der Waals surface area contributed by atoms with Gasteiger partial charge in [0.2, 0.25) is 11.8 Å². The van der Waals surface area contributed by atoms with Crippen LogP contribution in [-0.4, -0.2) is 25.4 Å². The SMILES string of the molecule is Cc1nc(Oc2ccc(NC(=O)CCc3ccccc3)cc2)cc(-n2ccnc2)n1. The molecule has 7 nitrogen and oxygen atoms in total. The number of anilines is 1. The molecule has 2 heterocycles. The van der Waals surface area contributed by atoms with E-state index < -0.39 is 0 Å². The molecule has 2 aromatic carbocycles. The van der Waals surface area contributed by atoms with E-state index in [1.807, 2.05) is 30.3 Å². The lowest BCUT2D eigenvalue weighted by atomic mass is 10.1. The molecule has 0 saturated carbocycles. The molecular formula is C23H21N5O2. The van der Waals surface area contributed by atoms with Crippen molar-refractivity contribution in [1.82, 2.24) is 19.5 Å². The zero-order valence-corrected chi connectivity index (χ0v) is 16.5. The number of rotatable bonds is 7. The predicted octanol–water partition coefficient (Wildman–Crippen LogP) is 4.33. The van der Waals surface area contributed by atoms with Gasteiger partial charge in [-0.1, -0.05) is 30.3 Å². The average Bonchev–Trinajstić information content (AvgIpc) is 3.29. The van der Waals surface area contributed by atoms with Crippen molar-refractivity contribution in [3.8, 4) is 17.4 Å². The monoisotopic (exact) mass is 399 g/mol. The van der Waals surface area contributed by atoms with Gasteiger partial charge >= 0.3 is 0 Å². The molecule has 0 spiro atoms. The number of hydrogen-bond donors (Lipinski definition) is 1. The molecule has 0 aliphatic heterocycles. The maximum atomic E-state index is 12.2. The second-order valence-electron chi connectivity index (χ2n) is 6.74. The van der Waals surface area contributed by atoms with Crippen molar-refractivity contribution in [1.29, 1.82) is 0 Å². The molecule has 1 N–H and O–H groups in total. The number of ether oxygens (including phenoxy) is 1. The molecular weight excluding hydrogens is 378 g/mol. The third-order valence-corrected chi connectivity index (χ3v) is 4.41. The summed E-state index contributed by atoms with van der Waals surface area (Å²) in [6.07, 6.45) is 6.30. The van der Waals surface area contributed by atoms with Gasteiger partial charge in [0.15, 0.2) is 0 Å². The van der Waals surface area contributed by atoms with E-state index in [9.17, 15) is 4.79 Å². The second-order valence-corrected chi connectivity index (χ2v) is 6.74. The Balaban J connectivity index is 1.36. The Labute approximate surface area is 174 Å². The van der Waals surface area contributed by atoms with E-state index >= 15 is 0 Å². The normalized spacial score (nSPS) is 10.6. The van der Waals surface area contributed by atoms with Crippen LogP contribution in [0.15, 0.2) is 79.4 Å². The van der Waals surface area contributed by atoms with E-state index in [4.69, 9.17) is 4.74 Å². The van der Waals surface area contributed by atoms with Crippen molar-refractivity contribution in [3.05, 3.63) is 90.8 Å². The second kappa shape index (κ2) is 9.00. The Hall–Kier alpha value is -4.00. The molecule has 150 valence electrons. The summed E-state index contributed by atoms with van der Waals surface area (Å²) in [5.41, 5.74) is 1.87. The number of amides is 1. The van der Waals surface area contributed by atoms with E-state index in [0.717, 1.165) is 11.3 Å². The number of hydrogen-bond acceptors (Lipinski definition) is 5. The molecule has 7 heteroatoms. The Morgan fingerprint density at radius 2 is 1.87 bits per heavy atom. The topological polar surface area (TPSA) is 81.9 Å². The summed E-state index contributed by atoms with van der Waals surface area (Å²) in [7, 11) is 0. The minimum atomic E-state index is -0.0241. The van der Waals surface area contributed by atoms with Crippen LogP contribution < -0.4 is 10.1 Å². The highest BCUT2D eigenvalue weighted by molar-refractivity contribution is 5.90. The zero-order valence-electron chi connectivity index (χ0n) is 16.5. The van der Waals surface area contributed by atoms with Gasteiger partial charge in [-0.05, 0) is 43.2 Å². The summed E-state index contributed by atoms with van der Waals surface area (Å²) in [6, 6.07) is 18.9. The zero-order chi connectivity index (χ0) is 20.8. The van der Waals surface area contributed by atoms with Gasteiger partial charge in [0.25, 0.3) is 0 Å². The number of carbonyl (C=O) groups excluding carboxylic acids is 1. The Morgan fingerprint density at radius 3 is 2.60 bits per heavy atom. The van der Waals surface area contributed by atoms with E-state index in [-0.39, 0.29) is 5.91 Å². The summed E-state index contributed by atoms with van der Waals surface area (Å²) in [6.45, 7) is 1.81. The van der Waals surface area contributed by atoms with E-state index in [1.165, 1.54) is 0 Å². The highest BCUT2D eigenvalue weighted by Gasteiger charge is 2.07. The molecule has 30 heavy (non-hydrogen) atoms. The van der Waals surface area contributed by atoms with Gasteiger partial charge in [0, 0.05) is 30.6 Å². The van der Waals surface area contributed by atoms with Gasteiger partial charge in [0.1, 0.15) is 23.7 Å². The number of benzene rings is 2. The van der Waals surface area contributed by atoms with Crippen LogP contribution in [0.5, 0.6) is 11.6 Å². The molecule has 0 aliphatic rings. The van der Waals surface area contributed by atoms with Gasteiger partial charge in [0.05, 0.1) is 0 Å². The number of aryl methyl sites for hydroxylation is 2. The fraction of sp³-hybridized carbons (Fsp3) is 0.130. The molecule has 2 aromatic heterocycles. The van der Waals surface area contributed by atoms with Crippen molar-refractivity contribution < 1.29 is 9.53 Å². The molecule has 1 amide bonds. The molecule has 4 aromatic rings. The van der Waals surface area contributed by atoms with E-state index in [1.54, 1.807) is 60.5 Å². The number of imidazole rings is 1. The van der Waals surface area contributed by atoms with Crippen molar-refractivity contribution in [3.63, 3.8) is 0 Å². The third-order valence-electron chi connectivity index (χ3n) is 4.41. The molecule has 0 unspecified atom stereocenters. The summed E-state index contributed by atoms with van der Waals surface area (Å²) in [4.78, 5) is 24.9. The minimum absolute atomic E-state index is 0.0241. The van der Waals surface area contributed by atoms with Crippen LogP contribution in [0.2, 0.25) is 0 Å². The number of nitrogens with zero attached hydrogens (tertiary/aromatic N) is 4. The highest BCUT2D eigenvalue weighted by Crippen LogP contribution is 2.23. The first-order valence-corrected chi connectivity index (χ1v) is 9.61. The number of carbonyl (C=O) groups is 1. The first kappa shape index (κ1) is 19.3. The molecule has 0 bridgehead atoms. The van der Waals surface area contributed by atoms with Crippen molar-refractivity contribution >= 4 is 11.6 Å². The van der Waals surface area contributed by atoms with Crippen molar-refractivity contribution in [2.75, 3.05) is 5.32 Å². The maximum absolute atomic E-state index is 12.2. The minimum Gasteiger partial charge on any atom is -0.439 e. The van der Waals surface area contributed by atoms with E-state index in [0.29, 0.717) is 36.1 Å². The van der Waals surface area contributed by atoms with Crippen molar-refractivity contribution in [2.24, 2.45) is 0 Å².